The summed E-state index contributed by atoms with van der Waals surface area (Å²) in [6.07, 6.45) is 2.35. The molecule has 0 aliphatic heterocycles. The summed E-state index contributed by atoms with van der Waals surface area (Å²) < 4.78 is 6.68. The fraction of sp³-hybridized carbons (Fsp3) is 0.571. The zero-order chi connectivity index (χ0) is 12.5. The van der Waals surface area contributed by atoms with Crippen molar-refractivity contribution in [2.45, 2.75) is 32.7 Å². The van der Waals surface area contributed by atoms with Crippen LogP contribution in [0.5, 0.6) is 0 Å². The van der Waals surface area contributed by atoms with Gasteiger partial charge >= 0.3 is 0 Å². The first-order valence-electron chi connectivity index (χ1n) is 6.31. The second kappa shape index (κ2) is 8.67. The summed E-state index contributed by atoms with van der Waals surface area (Å²) >= 11 is 3.57. The van der Waals surface area contributed by atoms with Crippen molar-refractivity contribution >= 4 is 15.9 Å². The van der Waals surface area contributed by atoms with Crippen molar-refractivity contribution in [3.05, 3.63) is 34.3 Å². The molecule has 0 amide bonds. The van der Waals surface area contributed by atoms with Crippen molar-refractivity contribution in [3.63, 3.8) is 0 Å². The monoisotopic (exact) mass is 299 g/mol. The second-order valence-electron chi connectivity index (χ2n) is 4.16. The molecule has 0 aromatic heterocycles. The minimum Gasteiger partial charge on any atom is -0.380 e. The Morgan fingerprint density at radius 1 is 1.29 bits per heavy atom. The minimum atomic E-state index is 0.348. The molecule has 1 rings (SSSR count). The predicted octanol–water partition coefficient (Wildman–Crippen LogP) is 3.92. The molecule has 1 N–H and O–H groups in total. The molecule has 17 heavy (non-hydrogen) atoms. The normalized spacial score (nSPS) is 12.6. The molecule has 2 nitrogen and oxygen atoms in total. The molecular formula is C14H22BrNO. The Balaban J connectivity index is 2.21. The van der Waals surface area contributed by atoms with Gasteiger partial charge in [-0.3, -0.25) is 0 Å². The largest absolute Gasteiger partial charge is 0.380 e. The number of unbranched alkanes of at least 4 members (excludes halogenated alkanes) is 1. The van der Waals surface area contributed by atoms with Gasteiger partial charge in [0.15, 0.2) is 0 Å². The number of hydrogen-bond donors (Lipinski definition) is 1. The van der Waals surface area contributed by atoms with Gasteiger partial charge < -0.3 is 10.1 Å². The van der Waals surface area contributed by atoms with Gasteiger partial charge in [0.2, 0.25) is 0 Å². The highest BCUT2D eigenvalue weighted by atomic mass is 79.9. The number of hydrogen-bond acceptors (Lipinski definition) is 2. The zero-order valence-corrected chi connectivity index (χ0v) is 12.3. The van der Waals surface area contributed by atoms with Crippen LogP contribution in [0.15, 0.2) is 28.7 Å². The summed E-state index contributed by atoms with van der Waals surface area (Å²) in [6, 6.07) is 8.66. The number of benzene rings is 1. The zero-order valence-electron chi connectivity index (χ0n) is 10.7. The summed E-state index contributed by atoms with van der Waals surface area (Å²) in [4.78, 5) is 0. The summed E-state index contributed by atoms with van der Waals surface area (Å²) in [5.74, 6) is 0. The Bertz CT molecular complexity index is 317. The fourth-order valence-electron chi connectivity index (χ4n) is 1.63. The maximum atomic E-state index is 5.52. The van der Waals surface area contributed by atoms with E-state index in [2.05, 4.69) is 53.3 Å². The van der Waals surface area contributed by atoms with Crippen molar-refractivity contribution < 1.29 is 4.74 Å². The molecule has 0 saturated heterocycles. The molecule has 0 radical (unpaired) electrons. The molecule has 0 spiro atoms. The Labute approximate surface area is 113 Å². The van der Waals surface area contributed by atoms with E-state index in [0.29, 0.717) is 6.04 Å². The van der Waals surface area contributed by atoms with Crippen LogP contribution in [-0.2, 0) is 4.74 Å². The van der Waals surface area contributed by atoms with Gasteiger partial charge in [0.1, 0.15) is 0 Å². The van der Waals surface area contributed by atoms with Crippen molar-refractivity contribution in [1.29, 1.82) is 0 Å². The Morgan fingerprint density at radius 3 is 2.76 bits per heavy atom. The van der Waals surface area contributed by atoms with Crippen molar-refractivity contribution in [3.8, 4) is 0 Å². The fourth-order valence-corrected chi connectivity index (χ4v) is 2.26. The average molecular weight is 300 g/mol. The first-order chi connectivity index (χ1) is 8.25. The highest BCUT2D eigenvalue weighted by Gasteiger charge is 2.07. The van der Waals surface area contributed by atoms with Crippen molar-refractivity contribution in [1.82, 2.24) is 5.32 Å². The van der Waals surface area contributed by atoms with Gasteiger partial charge in [-0.2, -0.15) is 0 Å². The molecule has 0 saturated carbocycles. The molecule has 0 bridgehead atoms. The lowest BCUT2D eigenvalue weighted by Gasteiger charge is -2.15. The van der Waals surface area contributed by atoms with Gasteiger partial charge in [-0.05, 0) is 25.0 Å². The molecule has 1 aromatic carbocycles. The smallest absolute Gasteiger partial charge is 0.0591 e. The Hall–Kier alpha value is -0.380. The van der Waals surface area contributed by atoms with E-state index in [1.165, 1.54) is 12.0 Å². The van der Waals surface area contributed by atoms with Crippen LogP contribution >= 0.6 is 15.9 Å². The maximum absolute atomic E-state index is 5.52. The van der Waals surface area contributed by atoms with Crippen molar-refractivity contribution in [2.75, 3.05) is 19.8 Å². The molecule has 96 valence electrons. The number of rotatable bonds is 8. The highest BCUT2D eigenvalue weighted by molar-refractivity contribution is 9.10. The quantitative estimate of drug-likeness (QED) is 0.735. The third kappa shape index (κ3) is 5.66. The van der Waals surface area contributed by atoms with Crippen LogP contribution in [0, 0.1) is 0 Å². The summed E-state index contributed by atoms with van der Waals surface area (Å²) in [6.45, 7) is 6.91. The molecule has 0 heterocycles. The van der Waals surface area contributed by atoms with Crippen LogP contribution in [0.2, 0.25) is 0 Å². The van der Waals surface area contributed by atoms with E-state index in [-0.39, 0.29) is 0 Å². The SMILES string of the molecule is CCCCOCCNC(C)c1ccccc1Br. The first-order valence-corrected chi connectivity index (χ1v) is 7.10. The summed E-state index contributed by atoms with van der Waals surface area (Å²) in [5, 5.41) is 3.46. The van der Waals surface area contributed by atoms with E-state index in [1.54, 1.807) is 0 Å². The van der Waals surface area contributed by atoms with Crippen LogP contribution in [0.25, 0.3) is 0 Å². The third-order valence-corrected chi connectivity index (χ3v) is 3.43. The van der Waals surface area contributed by atoms with E-state index in [9.17, 15) is 0 Å². The lowest BCUT2D eigenvalue weighted by Crippen LogP contribution is -2.23. The summed E-state index contributed by atoms with van der Waals surface area (Å²) in [7, 11) is 0. The third-order valence-electron chi connectivity index (χ3n) is 2.71. The average Bonchev–Trinajstić information content (AvgIpc) is 2.34. The molecule has 0 aliphatic carbocycles. The van der Waals surface area contributed by atoms with Crippen LogP contribution in [0.1, 0.15) is 38.3 Å². The molecule has 0 fully saturated rings. The van der Waals surface area contributed by atoms with Crippen LogP contribution < -0.4 is 5.32 Å². The lowest BCUT2D eigenvalue weighted by molar-refractivity contribution is 0.131. The van der Waals surface area contributed by atoms with E-state index in [1.807, 2.05) is 6.07 Å². The van der Waals surface area contributed by atoms with Gasteiger partial charge in [0.25, 0.3) is 0 Å². The maximum Gasteiger partial charge on any atom is 0.0591 e. The summed E-state index contributed by atoms with van der Waals surface area (Å²) in [5.41, 5.74) is 1.29. The Kier molecular flexibility index (Phi) is 7.49. The first kappa shape index (κ1) is 14.7. The molecule has 1 unspecified atom stereocenters. The number of nitrogens with one attached hydrogen (secondary N) is 1. The van der Waals surface area contributed by atoms with E-state index in [0.717, 1.165) is 30.7 Å². The van der Waals surface area contributed by atoms with Crippen LogP contribution in [-0.4, -0.2) is 19.8 Å². The van der Waals surface area contributed by atoms with E-state index < -0.39 is 0 Å². The van der Waals surface area contributed by atoms with E-state index in [4.69, 9.17) is 4.74 Å². The van der Waals surface area contributed by atoms with Crippen molar-refractivity contribution in [2.24, 2.45) is 0 Å². The lowest BCUT2D eigenvalue weighted by atomic mass is 10.1. The number of ether oxygens (including phenoxy) is 1. The van der Waals surface area contributed by atoms with E-state index >= 15 is 0 Å². The van der Waals surface area contributed by atoms with Gasteiger partial charge in [0.05, 0.1) is 6.61 Å². The van der Waals surface area contributed by atoms with Gasteiger partial charge in [0, 0.05) is 23.7 Å². The standard InChI is InChI=1S/C14H22BrNO/c1-3-4-10-17-11-9-16-12(2)13-7-5-6-8-14(13)15/h5-8,12,16H,3-4,9-11H2,1-2H3. The van der Waals surface area contributed by atoms with Gasteiger partial charge in [-0.1, -0.05) is 47.5 Å². The highest BCUT2D eigenvalue weighted by Crippen LogP contribution is 2.22. The molecular weight excluding hydrogens is 278 g/mol. The molecule has 0 aliphatic rings. The van der Waals surface area contributed by atoms with Gasteiger partial charge in [-0.15, -0.1) is 0 Å². The van der Waals surface area contributed by atoms with Crippen LogP contribution in [0.4, 0.5) is 0 Å². The molecule has 1 aromatic rings. The number of halogens is 1. The topological polar surface area (TPSA) is 21.3 Å². The molecule has 1 atom stereocenters. The predicted molar refractivity (Wildman–Crippen MR) is 76.3 cm³/mol. The van der Waals surface area contributed by atoms with Gasteiger partial charge in [-0.25, -0.2) is 0 Å². The molecule has 3 heteroatoms. The second-order valence-corrected chi connectivity index (χ2v) is 5.02. The minimum absolute atomic E-state index is 0.348. The van der Waals surface area contributed by atoms with Crippen LogP contribution in [0.3, 0.4) is 0 Å². The Morgan fingerprint density at radius 2 is 2.06 bits per heavy atom.